The molecule has 0 aromatic heterocycles. The lowest BCUT2D eigenvalue weighted by molar-refractivity contribution is -0.118. The third kappa shape index (κ3) is 3.67. The summed E-state index contributed by atoms with van der Waals surface area (Å²) < 4.78 is 32.2. The molecule has 2 aliphatic rings. The van der Waals surface area contributed by atoms with Gasteiger partial charge in [0.15, 0.2) is 0 Å². The van der Waals surface area contributed by atoms with E-state index in [0.29, 0.717) is 18.7 Å². The predicted octanol–water partition coefficient (Wildman–Crippen LogP) is 3.86. The average Bonchev–Trinajstić information content (AvgIpc) is 3.55. The van der Waals surface area contributed by atoms with Gasteiger partial charge in [0, 0.05) is 17.8 Å². The second-order valence-corrected chi connectivity index (χ2v) is 10.1. The number of nitrogens with zero attached hydrogens (tertiary/aromatic N) is 1. The van der Waals surface area contributed by atoms with Gasteiger partial charge >= 0.3 is 0 Å². The Labute approximate surface area is 178 Å². The van der Waals surface area contributed by atoms with Gasteiger partial charge < -0.3 is 10.1 Å². The van der Waals surface area contributed by atoms with Crippen LogP contribution < -0.4 is 14.4 Å². The van der Waals surface area contributed by atoms with Crippen LogP contribution in [0, 0.1) is 0 Å². The Morgan fingerprint density at radius 3 is 2.67 bits per heavy atom. The first-order valence-corrected chi connectivity index (χ1v) is 12.1. The molecule has 0 spiro atoms. The van der Waals surface area contributed by atoms with Gasteiger partial charge in [0.1, 0.15) is 5.75 Å². The van der Waals surface area contributed by atoms with Crippen molar-refractivity contribution in [3.05, 3.63) is 53.6 Å². The molecular formula is C23H28N2O4S. The second-order valence-electron chi connectivity index (χ2n) is 8.07. The molecule has 160 valence electrons. The second kappa shape index (κ2) is 7.95. The highest BCUT2D eigenvalue weighted by Gasteiger charge is 2.52. The molecule has 7 heteroatoms. The van der Waals surface area contributed by atoms with E-state index in [-0.39, 0.29) is 11.7 Å². The van der Waals surface area contributed by atoms with Crippen LogP contribution in [0.3, 0.4) is 0 Å². The van der Waals surface area contributed by atoms with Gasteiger partial charge in [-0.1, -0.05) is 25.1 Å². The summed E-state index contributed by atoms with van der Waals surface area (Å²) in [5, 5.41) is 3.06. The lowest BCUT2D eigenvalue weighted by Gasteiger charge is -2.31. The summed E-state index contributed by atoms with van der Waals surface area (Å²) in [4.78, 5) is 13.2. The average molecular weight is 429 g/mol. The SMILES string of the molecule is CCCS(=O)(=O)N1CCCc2cc(NC(=O)C3(c4ccccc4OC)CC3)ccc21. The molecule has 2 aromatic carbocycles. The van der Waals surface area contributed by atoms with Crippen molar-refractivity contribution in [1.82, 2.24) is 0 Å². The molecule has 0 radical (unpaired) electrons. The van der Waals surface area contributed by atoms with Crippen molar-refractivity contribution in [3.8, 4) is 5.75 Å². The molecule has 0 unspecified atom stereocenters. The Morgan fingerprint density at radius 1 is 1.20 bits per heavy atom. The van der Waals surface area contributed by atoms with Crippen LogP contribution in [0.5, 0.6) is 5.75 Å². The van der Waals surface area contributed by atoms with Crippen LogP contribution in [0.2, 0.25) is 0 Å². The Morgan fingerprint density at radius 2 is 1.97 bits per heavy atom. The van der Waals surface area contributed by atoms with Gasteiger partial charge in [0.2, 0.25) is 15.9 Å². The minimum Gasteiger partial charge on any atom is -0.496 e. The van der Waals surface area contributed by atoms with Gasteiger partial charge in [-0.2, -0.15) is 0 Å². The maximum absolute atomic E-state index is 13.2. The lowest BCUT2D eigenvalue weighted by atomic mass is 9.93. The van der Waals surface area contributed by atoms with Crippen LogP contribution in [-0.4, -0.2) is 33.7 Å². The summed E-state index contributed by atoms with van der Waals surface area (Å²) in [7, 11) is -1.69. The predicted molar refractivity (Wildman–Crippen MR) is 119 cm³/mol. The number of sulfonamides is 1. The fraction of sp³-hybridized carbons (Fsp3) is 0.435. The number of methoxy groups -OCH3 is 1. The van der Waals surface area contributed by atoms with E-state index in [1.165, 1.54) is 4.31 Å². The number of hydrogen-bond acceptors (Lipinski definition) is 4. The third-order valence-electron chi connectivity index (χ3n) is 6.02. The first-order valence-electron chi connectivity index (χ1n) is 10.5. The van der Waals surface area contributed by atoms with E-state index in [9.17, 15) is 13.2 Å². The van der Waals surface area contributed by atoms with Gasteiger partial charge in [-0.3, -0.25) is 9.10 Å². The maximum Gasteiger partial charge on any atom is 0.235 e. The fourth-order valence-electron chi connectivity index (χ4n) is 4.33. The highest BCUT2D eigenvalue weighted by atomic mass is 32.2. The van der Waals surface area contributed by atoms with Crippen molar-refractivity contribution in [2.24, 2.45) is 0 Å². The van der Waals surface area contributed by atoms with Crippen LogP contribution in [-0.2, 0) is 26.7 Å². The molecule has 1 fully saturated rings. The van der Waals surface area contributed by atoms with Crippen molar-refractivity contribution >= 4 is 27.3 Å². The van der Waals surface area contributed by atoms with E-state index in [0.717, 1.165) is 48.2 Å². The number of para-hydroxylation sites is 1. The highest BCUT2D eigenvalue weighted by molar-refractivity contribution is 7.92. The number of carbonyl (C=O) groups excluding carboxylic acids is 1. The Hall–Kier alpha value is -2.54. The molecule has 1 saturated carbocycles. The standard InChI is InChI=1S/C23H28N2O4S/c1-3-15-30(27,28)25-14-6-7-17-16-18(10-11-20(17)25)24-22(26)23(12-13-23)19-8-4-5-9-21(19)29-2/h4-5,8-11,16H,3,6-7,12-15H2,1-2H3,(H,24,26). The minimum atomic E-state index is -3.31. The summed E-state index contributed by atoms with van der Waals surface area (Å²) >= 11 is 0. The molecule has 0 saturated heterocycles. The first kappa shape index (κ1) is 20.7. The molecule has 6 nitrogen and oxygen atoms in total. The first-order chi connectivity index (χ1) is 14.4. The molecule has 4 rings (SSSR count). The van der Waals surface area contributed by atoms with Crippen LogP contribution in [0.1, 0.15) is 43.7 Å². The Bertz CT molecular complexity index is 1060. The number of benzene rings is 2. The lowest BCUT2D eigenvalue weighted by Crippen LogP contribution is -2.37. The van der Waals surface area contributed by atoms with Crippen molar-refractivity contribution < 1.29 is 17.9 Å². The van der Waals surface area contributed by atoms with Gasteiger partial charge in [-0.25, -0.2) is 8.42 Å². The number of hydrogen-bond donors (Lipinski definition) is 1. The Balaban J connectivity index is 1.57. The number of anilines is 2. The molecule has 2 aromatic rings. The number of carbonyl (C=O) groups is 1. The molecule has 0 bridgehead atoms. The zero-order valence-electron chi connectivity index (χ0n) is 17.5. The van der Waals surface area contributed by atoms with E-state index in [2.05, 4.69) is 5.32 Å². The number of aryl methyl sites for hydroxylation is 1. The summed E-state index contributed by atoms with van der Waals surface area (Å²) in [6.07, 6.45) is 3.74. The van der Waals surface area contributed by atoms with E-state index in [1.807, 2.05) is 43.3 Å². The van der Waals surface area contributed by atoms with E-state index in [1.54, 1.807) is 13.2 Å². The van der Waals surface area contributed by atoms with E-state index < -0.39 is 15.4 Å². The molecule has 1 aliphatic heterocycles. The quantitative estimate of drug-likeness (QED) is 0.727. The highest BCUT2D eigenvalue weighted by Crippen LogP contribution is 2.52. The van der Waals surface area contributed by atoms with E-state index in [4.69, 9.17) is 4.74 Å². The van der Waals surface area contributed by atoms with Crippen LogP contribution in [0.25, 0.3) is 0 Å². The number of ether oxygens (including phenoxy) is 1. The summed E-state index contributed by atoms with van der Waals surface area (Å²) in [5.41, 5.74) is 2.76. The van der Waals surface area contributed by atoms with Crippen molar-refractivity contribution in [2.75, 3.05) is 29.0 Å². The zero-order chi connectivity index (χ0) is 21.4. The molecule has 1 heterocycles. The fourth-order valence-corrected chi connectivity index (χ4v) is 5.95. The van der Waals surface area contributed by atoms with Gasteiger partial charge in [-0.05, 0) is 61.9 Å². The number of fused-ring (bicyclic) bond motifs is 1. The molecule has 1 amide bonds. The van der Waals surface area contributed by atoms with Crippen molar-refractivity contribution in [3.63, 3.8) is 0 Å². The van der Waals surface area contributed by atoms with Gasteiger partial charge in [-0.15, -0.1) is 0 Å². The van der Waals surface area contributed by atoms with E-state index >= 15 is 0 Å². The third-order valence-corrected chi connectivity index (χ3v) is 7.99. The monoisotopic (exact) mass is 428 g/mol. The summed E-state index contributed by atoms with van der Waals surface area (Å²) in [6.45, 7) is 2.38. The zero-order valence-corrected chi connectivity index (χ0v) is 18.3. The minimum absolute atomic E-state index is 0.0433. The summed E-state index contributed by atoms with van der Waals surface area (Å²) in [6, 6.07) is 13.2. The largest absolute Gasteiger partial charge is 0.496 e. The number of nitrogens with one attached hydrogen (secondary N) is 1. The Kier molecular flexibility index (Phi) is 5.49. The van der Waals surface area contributed by atoms with Crippen molar-refractivity contribution in [1.29, 1.82) is 0 Å². The molecular weight excluding hydrogens is 400 g/mol. The van der Waals surface area contributed by atoms with Crippen LogP contribution in [0.15, 0.2) is 42.5 Å². The number of rotatable bonds is 7. The normalized spacial score (nSPS) is 17.2. The smallest absolute Gasteiger partial charge is 0.235 e. The molecule has 1 N–H and O–H groups in total. The number of amides is 1. The van der Waals surface area contributed by atoms with Crippen molar-refractivity contribution in [2.45, 2.75) is 44.4 Å². The molecule has 1 aliphatic carbocycles. The summed E-state index contributed by atoms with van der Waals surface area (Å²) in [5.74, 6) is 0.831. The molecule has 30 heavy (non-hydrogen) atoms. The topological polar surface area (TPSA) is 75.7 Å². The van der Waals surface area contributed by atoms with Crippen LogP contribution >= 0.6 is 0 Å². The van der Waals surface area contributed by atoms with Gasteiger partial charge in [0.05, 0.1) is 24.0 Å². The van der Waals surface area contributed by atoms with Crippen LogP contribution in [0.4, 0.5) is 11.4 Å². The van der Waals surface area contributed by atoms with Gasteiger partial charge in [0.25, 0.3) is 0 Å². The maximum atomic E-state index is 13.2. The molecule has 0 atom stereocenters.